The van der Waals surface area contributed by atoms with Crippen LogP contribution < -0.4 is 10.1 Å². The number of carbonyl (C=O) groups excluding carboxylic acids is 1. The molecule has 4 heteroatoms. The predicted octanol–water partition coefficient (Wildman–Crippen LogP) is 2.22. The van der Waals surface area contributed by atoms with Crippen LogP contribution in [0.1, 0.15) is 25.0 Å². The second-order valence-corrected chi connectivity index (χ2v) is 4.42. The van der Waals surface area contributed by atoms with Crippen molar-refractivity contribution in [2.24, 2.45) is 0 Å². The average Bonchev–Trinajstić information content (AvgIpc) is 2.38. The summed E-state index contributed by atoms with van der Waals surface area (Å²) in [5, 5.41) is 3.06. The van der Waals surface area contributed by atoms with E-state index in [9.17, 15) is 4.79 Å². The highest BCUT2D eigenvalue weighted by Gasteiger charge is 2.19. The third-order valence-corrected chi connectivity index (χ3v) is 2.92. The molecule has 19 heavy (non-hydrogen) atoms. The van der Waals surface area contributed by atoms with Gasteiger partial charge >= 0.3 is 5.97 Å². The topological polar surface area (TPSA) is 47.6 Å². The van der Waals surface area contributed by atoms with Crippen molar-refractivity contribution in [2.45, 2.75) is 33.7 Å². The molecule has 1 unspecified atom stereocenters. The number of likely N-dealkylation sites (N-methyl/N-ethyl adjacent to an activating group) is 1. The fourth-order valence-corrected chi connectivity index (χ4v) is 1.68. The summed E-state index contributed by atoms with van der Waals surface area (Å²) >= 11 is 0. The Balaban J connectivity index is 2.59. The number of ether oxygens (including phenoxy) is 2. The minimum atomic E-state index is -0.424. The van der Waals surface area contributed by atoms with Crippen molar-refractivity contribution in [1.82, 2.24) is 5.32 Å². The quantitative estimate of drug-likeness (QED) is 0.768. The lowest BCUT2D eigenvalue weighted by atomic mass is 10.1. The van der Waals surface area contributed by atoms with Gasteiger partial charge in [-0.05, 0) is 50.6 Å². The Labute approximate surface area is 115 Å². The third kappa shape index (κ3) is 4.91. The van der Waals surface area contributed by atoms with E-state index in [1.807, 2.05) is 32.0 Å². The average molecular weight is 265 g/mol. The van der Waals surface area contributed by atoms with Crippen LogP contribution in [0.15, 0.2) is 18.2 Å². The summed E-state index contributed by atoms with van der Waals surface area (Å²) in [7, 11) is 0. The summed E-state index contributed by atoms with van der Waals surface area (Å²) in [6.07, 6.45) is 0. The third-order valence-electron chi connectivity index (χ3n) is 2.92. The Morgan fingerprint density at radius 2 is 2.00 bits per heavy atom. The number of hydrogen-bond acceptors (Lipinski definition) is 4. The van der Waals surface area contributed by atoms with Crippen LogP contribution in [0.25, 0.3) is 0 Å². The lowest BCUT2D eigenvalue weighted by Crippen LogP contribution is -2.42. The molecule has 0 aromatic heterocycles. The molecule has 106 valence electrons. The number of benzene rings is 1. The smallest absolute Gasteiger partial charge is 0.326 e. The van der Waals surface area contributed by atoms with Crippen molar-refractivity contribution >= 4 is 5.97 Å². The Morgan fingerprint density at radius 1 is 1.26 bits per heavy atom. The van der Waals surface area contributed by atoms with Gasteiger partial charge in [0.15, 0.2) is 0 Å². The first-order valence-electron chi connectivity index (χ1n) is 6.68. The van der Waals surface area contributed by atoms with Crippen molar-refractivity contribution in [1.29, 1.82) is 0 Å². The number of carbonyl (C=O) groups is 1. The van der Waals surface area contributed by atoms with Gasteiger partial charge in [0.2, 0.25) is 0 Å². The van der Waals surface area contributed by atoms with Crippen LogP contribution in [0.3, 0.4) is 0 Å². The molecule has 0 spiro atoms. The molecule has 1 aromatic rings. The molecule has 1 N–H and O–H groups in total. The van der Waals surface area contributed by atoms with Gasteiger partial charge in [0.05, 0.1) is 6.61 Å². The summed E-state index contributed by atoms with van der Waals surface area (Å²) in [4.78, 5) is 11.7. The largest absolute Gasteiger partial charge is 0.491 e. The van der Waals surface area contributed by atoms with Gasteiger partial charge in [0.25, 0.3) is 0 Å². The Bertz CT molecular complexity index is 418. The van der Waals surface area contributed by atoms with Crippen LogP contribution in [0.5, 0.6) is 5.75 Å². The van der Waals surface area contributed by atoms with Gasteiger partial charge in [-0.25, -0.2) is 0 Å². The number of nitrogens with one attached hydrogen (secondary N) is 1. The summed E-state index contributed by atoms with van der Waals surface area (Å²) in [6.45, 7) is 9.18. The molecular weight excluding hydrogens is 242 g/mol. The van der Waals surface area contributed by atoms with Crippen LogP contribution in [0.4, 0.5) is 0 Å². The van der Waals surface area contributed by atoms with Crippen molar-refractivity contribution in [3.63, 3.8) is 0 Å². The predicted molar refractivity (Wildman–Crippen MR) is 75.5 cm³/mol. The first-order valence-corrected chi connectivity index (χ1v) is 6.68. The fourth-order valence-electron chi connectivity index (χ4n) is 1.68. The second kappa shape index (κ2) is 7.79. The zero-order valence-electron chi connectivity index (χ0n) is 12.2. The second-order valence-electron chi connectivity index (χ2n) is 4.42. The Hall–Kier alpha value is -1.55. The molecule has 1 aromatic carbocycles. The zero-order valence-corrected chi connectivity index (χ0v) is 12.2. The fraction of sp³-hybridized carbons (Fsp3) is 0.533. The van der Waals surface area contributed by atoms with E-state index in [1.165, 1.54) is 11.1 Å². The number of hydrogen-bond donors (Lipinski definition) is 1. The van der Waals surface area contributed by atoms with E-state index < -0.39 is 6.04 Å². The van der Waals surface area contributed by atoms with Gasteiger partial charge in [-0.1, -0.05) is 13.0 Å². The Kier molecular flexibility index (Phi) is 6.36. The molecule has 0 saturated heterocycles. The molecule has 0 radical (unpaired) electrons. The van der Waals surface area contributed by atoms with Crippen LogP contribution >= 0.6 is 0 Å². The van der Waals surface area contributed by atoms with Gasteiger partial charge in [-0.2, -0.15) is 0 Å². The zero-order chi connectivity index (χ0) is 14.3. The molecule has 0 aliphatic rings. The number of aryl methyl sites for hydroxylation is 2. The molecule has 0 fully saturated rings. The molecule has 0 amide bonds. The van der Waals surface area contributed by atoms with Crippen molar-refractivity contribution < 1.29 is 14.3 Å². The van der Waals surface area contributed by atoms with Crippen molar-refractivity contribution in [3.8, 4) is 5.75 Å². The lowest BCUT2D eigenvalue weighted by Gasteiger charge is -2.17. The summed E-state index contributed by atoms with van der Waals surface area (Å²) in [6, 6.07) is 5.48. The SMILES string of the molecule is CCNC(COc1ccc(C)c(C)c1)C(=O)OCC. The van der Waals surface area contributed by atoms with Crippen LogP contribution in [0.2, 0.25) is 0 Å². The van der Waals surface area contributed by atoms with Crippen LogP contribution in [0, 0.1) is 13.8 Å². The molecule has 0 aliphatic carbocycles. The van der Waals surface area contributed by atoms with E-state index in [-0.39, 0.29) is 12.6 Å². The van der Waals surface area contributed by atoms with Crippen LogP contribution in [-0.2, 0) is 9.53 Å². The maximum Gasteiger partial charge on any atom is 0.326 e. The summed E-state index contributed by atoms with van der Waals surface area (Å²) in [5.41, 5.74) is 2.40. The van der Waals surface area contributed by atoms with Gasteiger partial charge in [0.1, 0.15) is 18.4 Å². The first-order chi connectivity index (χ1) is 9.08. The molecule has 0 bridgehead atoms. The normalized spacial score (nSPS) is 12.0. The maximum absolute atomic E-state index is 11.7. The maximum atomic E-state index is 11.7. The molecule has 1 rings (SSSR count). The number of esters is 1. The molecule has 1 atom stereocenters. The van der Waals surface area contributed by atoms with E-state index in [0.29, 0.717) is 13.2 Å². The minimum absolute atomic E-state index is 0.270. The first kappa shape index (κ1) is 15.5. The molecule has 0 aliphatic heterocycles. The highest BCUT2D eigenvalue weighted by Crippen LogP contribution is 2.16. The number of rotatable bonds is 7. The van der Waals surface area contributed by atoms with E-state index in [1.54, 1.807) is 6.92 Å². The van der Waals surface area contributed by atoms with Crippen molar-refractivity contribution in [3.05, 3.63) is 29.3 Å². The molecule has 0 heterocycles. The van der Waals surface area contributed by atoms with Gasteiger partial charge in [0, 0.05) is 0 Å². The monoisotopic (exact) mass is 265 g/mol. The minimum Gasteiger partial charge on any atom is -0.491 e. The van der Waals surface area contributed by atoms with E-state index in [2.05, 4.69) is 12.2 Å². The lowest BCUT2D eigenvalue weighted by molar-refractivity contribution is -0.146. The molecule has 4 nitrogen and oxygen atoms in total. The van der Waals surface area contributed by atoms with E-state index >= 15 is 0 Å². The highest BCUT2D eigenvalue weighted by atomic mass is 16.5. The molecular formula is C15H23NO3. The van der Waals surface area contributed by atoms with E-state index in [4.69, 9.17) is 9.47 Å². The molecule has 0 saturated carbocycles. The van der Waals surface area contributed by atoms with Gasteiger partial charge < -0.3 is 14.8 Å². The van der Waals surface area contributed by atoms with E-state index in [0.717, 1.165) is 5.75 Å². The van der Waals surface area contributed by atoms with Crippen molar-refractivity contribution in [2.75, 3.05) is 19.8 Å². The highest BCUT2D eigenvalue weighted by molar-refractivity contribution is 5.76. The van der Waals surface area contributed by atoms with Crippen LogP contribution in [-0.4, -0.2) is 31.8 Å². The standard InChI is InChI=1S/C15H23NO3/c1-5-16-14(15(17)18-6-2)10-19-13-8-7-11(3)12(4)9-13/h7-9,14,16H,5-6,10H2,1-4H3. The summed E-state index contributed by atoms with van der Waals surface area (Å²) in [5.74, 6) is 0.503. The summed E-state index contributed by atoms with van der Waals surface area (Å²) < 4.78 is 10.7. The van der Waals surface area contributed by atoms with Gasteiger partial charge in [-0.15, -0.1) is 0 Å². The Morgan fingerprint density at radius 3 is 2.58 bits per heavy atom. The van der Waals surface area contributed by atoms with Gasteiger partial charge in [-0.3, -0.25) is 4.79 Å².